The molecule has 0 fully saturated rings. The van der Waals surface area contributed by atoms with Crippen LogP contribution in [0, 0.1) is 0 Å². The van der Waals surface area contributed by atoms with Crippen molar-refractivity contribution < 1.29 is 9.53 Å². The Hall–Kier alpha value is -2.03. The third-order valence-corrected chi connectivity index (χ3v) is 3.24. The number of benzene rings is 1. The van der Waals surface area contributed by atoms with E-state index in [9.17, 15) is 4.79 Å². The second-order valence-corrected chi connectivity index (χ2v) is 4.83. The van der Waals surface area contributed by atoms with Crippen molar-refractivity contribution in [2.24, 2.45) is 0 Å². The molecular formula is C16H19NO2. The van der Waals surface area contributed by atoms with Gasteiger partial charge in [0, 0.05) is 26.2 Å². The van der Waals surface area contributed by atoms with Gasteiger partial charge in [0.15, 0.2) is 5.78 Å². The molecule has 3 heteroatoms. The number of nitrogens with zero attached hydrogens (tertiary/aromatic N) is 1. The van der Waals surface area contributed by atoms with Gasteiger partial charge in [-0.1, -0.05) is 23.8 Å². The van der Waals surface area contributed by atoms with Crippen LogP contribution in [-0.2, 0) is 0 Å². The third-order valence-electron chi connectivity index (χ3n) is 3.24. The van der Waals surface area contributed by atoms with E-state index in [0.717, 1.165) is 12.0 Å². The van der Waals surface area contributed by atoms with Crippen LogP contribution in [0.25, 0.3) is 0 Å². The first-order chi connectivity index (χ1) is 9.11. The van der Waals surface area contributed by atoms with Gasteiger partial charge in [-0.05, 0) is 24.6 Å². The van der Waals surface area contributed by atoms with Gasteiger partial charge in [-0.3, -0.25) is 4.79 Å². The molecule has 0 unspecified atom stereocenters. The zero-order valence-electron chi connectivity index (χ0n) is 11.6. The number of ketones is 1. The van der Waals surface area contributed by atoms with Crippen LogP contribution in [-0.4, -0.2) is 31.9 Å². The maximum absolute atomic E-state index is 12.3. The highest BCUT2D eigenvalue weighted by molar-refractivity contribution is 6.00. The summed E-state index contributed by atoms with van der Waals surface area (Å²) in [6, 6.07) is 7.37. The largest absolute Gasteiger partial charge is 0.496 e. The van der Waals surface area contributed by atoms with E-state index < -0.39 is 0 Å². The maximum Gasteiger partial charge on any atom is 0.170 e. The first kappa shape index (κ1) is 13.4. The van der Waals surface area contributed by atoms with Crippen molar-refractivity contribution in [2.45, 2.75) is 12.8 Å². The molecule has 2 rings (SSSR count). The van der Waals surface area contributed by atoms with Crippen LogP contribution in [0.1, 0.15) is 23.2 Å². The first-order valence-corrected chi connectivity index (χ1v) is 6.35. The van der Waals surface area contributed by atoms with Crippen LogP contribution in [0.5, 0.6) is 5.75 Å². The molecule has 100 valence electrons. The molecule has 0 bridgehead atoms. The van der Waals surface area contributed by atoms with Gasteiger partial charge in [0.1, 0.15) is 5.75 Å². The quantitative estimate of drug-likeness (QED) is 0.759. The second kappa shape index (κ2) is 5.74. The summed E-state index contributed by atoms with van der Waals surface area (Å²) in [5, 5.41) is 0. The lowest BCUT2D eigenvalue weighted by atomic mass is 10.0. The number of ether oxygens (including phenoxy) is 1. The molecule has 3 nitrogen and oxygen atoms in total. The SMILES string of the molecule is COc1ccccc1C(=O)CC1=CC(N(C)C)=CC1. The van der Waals surface area contributed by atoms with E-state index in [2.05, 4.69) is 17.1 Å². The van der Waals surface area contributed by atoms with E-state index in [4.69, 9.17) is 4.74 Å². The summed E-state index contributed by atoms with van der Waals surface area (Å²) in [6.45, 7) is 0. The fourth-order valence-corrected chi connectivity index (χ4v) is 2.17. The fourth-order valence-electron chi connectivity index (χ4n) is 2.17. The number of allylic oxidation sites excluding steroid dienone is 3. The van der Waals surface area contributed by atoms with Gasteiger partial charge in [0.25, 0.3) is 0 Å². The lowest BCUT2D eigenvalue weighted by molar-refractivity contribution is 0.0989. The molecule has 19 heavy (non-hydrogen) atoms. The van der Waals surface area contributed by atoms with Crippen LogP contribution >= 0.6 is 0 Å². The van der Waals surface area contributed by atoms with E-state index >= 15 is 0 Å². The molecule has 1 aromatic rings. The van der Waals surface area contributed by atoms with Gasteiger partial charge >= 0.3 is 0 Å². The summed E-state index contributed by atoms with van der Waals surface area (Å²) in [7, 11) is 5.60. The van der Waals surface area contributed by atoms with Gasteiger partial charge in [-0.25, -0.2) is 0 Å². The standard InChI is InChI=1S/C16H19NO2/c1-17(2)13-9-8-12(10-13)11-15(18)14-6-4-5-7-16(14)19-3/h4-7,9-10H,8,11H2,1-3H3. The van der Waals surface area contributed by atoms with Crippen molar-refractivity contribution in [3.05, 3.63) is 53.3 Å². The van der Waals surface area contributed by atoms with E-state index in [1.165, 1.54) is 5.70 Å². The van der Waals surface area contributed by atoms with Crippen molar-refractivity contribution >= 4 is 5.78 Å². The number of carbonyl (C=O) groups excluding carboxylic acids is 1. The molecule has 1 aliphatic rings. The zero-order chi connectivity index (χ0) is 13.8. The van der Waals surface area contributed by atoms with Crippen LogP contribution in [0.2, 0.25) is 0 Å². The zero-order valence-corrected chi connectivity index (χ0v) is 11.6. The Bertz CT molecular complexity index is 541. The summed E-state index contributed by atoms with van der Waals surface area (Å²) < 4.78 is 5.23. The lowest BCUT2D eigenvalue weighted by Gasteiger charge is -2.10. The molecular weight excluding hydrogens is 238 g/mol. The van der Waals surface area contributed by atoms with Gasteiger partial charge in [-0.15, -0.1) is 0 Å². The summed E-state index contributed by atoms with van der Waals surface area (Å²) >= 11 is 0. The number of rotatable bonds is 5. The number of Topliss-reactive ketones (excluding diaryl/α,β-unsaturated/α-hetero) is 1. The predicted molar refractivity (Wildman–Crippen MR) is 76.4 cm³/mol. The van der Waals surface area contributed by atoms with E-state index in [0.29, 0.717) is 17.7 Å². The molecule has 0 atom stereocenters. The highest BCUT2D eigenvalue weighted by Crippen LogP contribution is 2.25. The second-order valence-electron chi connectivity index (χ2n) is 4.83. The molecule has 0 amide bonds. The monoisotopic (exact) mass is 257 g/mol. The fraction of sp³-hybridized carbons (Fsp3) is 0.312. The Labute approximate surface area is 114 Å². The highest BCUT2D eigenvalue weighted by atomic mass is 16.5. The van der Waals surface area contributed by atoms with Gasteiger partial charge in [0.05, 0.1) is 12.7 Å². The van der Waals surface area contributed by atoms with Crippen molar-refractivity contribution in [1.82, 2.24) is 4.90 Å². The summed E-state index contributed by atoms with van der Waals surface area (Å²) in [4.78, 5) is 14.4. The Morgan fingerprint density at radius 3 is 2.68 bits per heavy atom. The van der Waals surface area contributed by atoms with Crippen molar-refractivity contribution in [1.29, 1.82) is 0 Å². The van der Waals surface area contributed by atoms with E-state index in [1.54, 1.807) is 7.11 Å². The number of likely N-dealkylation sites (N-methyl/N-ethyl adjacent to an activating group) is 1. The minimum Gasteiger partial charge on any atom is -0.496 e. The Morgan fingerprint density at radius 2 is 2.05 bits per heavy atom. The van der Waals surface area contributed by atoms with E-state index in [1.807, 2.05) is 38.4 Å². The average molecular weight is 257 g/mol. The van der Waals surface area contributed by atoms with E-state index in [-0.39, 0.29) is 5.78 Å². The van der Waals surface area contributed by atoms with Gasteiger partial charge < -0.3 is 9.64 Å². The smallest absolute Gasteiger partial charge is 0.170 e. The minimum atomic E-state index is 0.108. The normalized spacial score (nSPS) is 13.8. The molecule has 0 radical (unpaired) electrons. The molecule has 1 aromatic carbocycles. The Kier molecular flexibility index (Phi) is 4.05. The molecule has 0 heterocycles. The molecule has 0 saturated heterocycles. The summed E-state index contributed by atoms with van der Waals surface area (Å²) in [5.41, 5.74) is 2.98. The molecule has 0 saturated carbocycles. The maximum atomic E-state index is 12.3. The molecule has 0 N–H and O–H groups in total. The Balaban J connectivity index is 2.09. The van der Waals surface area contributed by atoms with Crippen molar-refractivity contribution in [3.63, 3.8) is 0 Å². The van der Waals surface area contributed by atoms with Crippen LogP contribution in [0.15, 0.2) is 47.7 Å². The first-order valence-electron chi connectivity index (χ1n) is 6.35. The predicted octanol–water partition coefficient (Wildman–Crippen LogP) is 3.04. The molecule has 0 aromatic heterocycles. The van der Waals surface area contributed by atoms with Gasteiger partial charge in [0.2, 0.25) is 0 Å². The van der Waals surface area contributed by atoms with Crippen LogP contribution in [0.3, 0.4) is 0 Å². The third kappa shape index (κ3) is 3.05. The number of carbonyl (C=O) groups is 1. The van der Waals surface area contributed by atoms with Crippen LogP contribution in [0.4, 0.5) is 0 Å². The topological polar surface area (TPSA) is 29.5 Å². The lowest BCUT2D eigenvalue weighted by Crippen LogP contribution is -2.07. The molecule has 1 aliphatic carbocycles. The number of hydrogen-bond donors (Lipinski definition) is 0. The molecule has 0 aliphatic heterocycles. The molecule has 0 spiro atoms. The summed E-state index contributed by atoms with van der Waals surface area (Å²) in [5.74, 6) is 0.754. The summed E-state index contributed by atoms with van der Waals surface area (Å²) in [6.07, 6.45) is 5.54. The van der Waals surface area contributed by atoms with Crippen molar-refractivity contribution in [2.75, 3.05) is 21.2 Å². The number of hydrogen-bond acceptors (Lipinski definition) is 3. The van der Waals surface area contributed by atoms with Crippen LogP contribution < -0.4 is 4.74 Å². The minimum absolute atomic E-state index is 0.108. The van der Waals surface area contributed by atoms with Gasteiger partial charge in [-0.2, -0.15) is 0 Å². The number of methoxy groups -OCH3 is 1. The highest BCUT2D eigenvalue weighted by Gasteiger charge is 2.16. The Morgan fingerprint density at radius 1 is 1.32 bits per heavy atom. The van der Waals surface area contributed by atoms with Crippen molar-refractivity contribution in [3.8, 4) is 5.75 Å². The average Bonchev–Trinajstić information content (AvgIpc) is 2.87. The number of para-hydroxylation sites is 1.